The van der Waals surface area contributed by atoms with Crippen LogP contribution in [-0.2, 0) is 16.7 Å². The van der Waals surface area contributed by atoms with Crippen LogP contribution >= 0.6 is 0 Å². The highest BCUT2D eigenvalue weighted by Gasteiger charge is 2.24. The van der Waals surface area contributed by atoms with Crippen molar-refractivity contribution in [2.75, 3.05) is 32.4 Å². The third-order valence-electron chi connectivity index (χ3n) is 3.83. The van der Waals surface area contributed by atoms with E-state index < -0.39 is 15.8 Å². The first-order chi connectivity index (χ1) is 11.3. The Hall–Kier alpha value is -2.04. The summed E-state index contributed by atoms with van der Waals surface area (Å²) in [6, 6.07) is 5.49. The van der Waals surface area contributed by atoms with Crippen molar-refractivity contribution in [3.8, 4) is 11.5 Å². The fourth-order valence-corrected chi connectivity index (χ4v) is 3.32. The fourth-order valence-electron chi connectivity index (χ4n) is 2.50. The zero-order valence-electron chi connectivity index (χ0n) is 13.1. The van der Waals surface area contributed by atoms with Crippen LogP contribution in [0.5, 0.6) is 0 Å². The van der Waals surface area contributed by atoms with Gasteiger partial charge >= 0.3 is 5.76 Å². The van der Waals surface area contributed by atoms with E-state index in [1.807, 2.05) is 4.90 Å². The molecule has 0 radical (unpaired) electrons. The van der Waals surface area contributed by atoms with Gasteiger partial charge < -0.3 is 4.42 Å². The molecular formula is C14H17FN4O4S. The van der Waals surface area contributed by atoms with Gasteiger partial charge in [-0.05, 0) is 24.3 Å². The number of aromatic nitrogens is 2. The molecule has 10 heteroatoms. The molecule has 1 aliphatic rings. The third kappa shape index (κ3) is 3.71. The van der Waals surface area contributed by atoms with Crippen LogP contribution in [-0.4, -0.2) is 59.8 Å². The Labute approximate surface area is 138 Å². The van der Waals surface area contributed by atoms with E-state index in [1.165, 1.54) is 39.5 Å². The first kappa shape index (κ1) is 16.8. The third-order valence-corrected chi connectivity index (χ3v) is 5.13. The molecule has 2 aromatic rings. The van der Waals surface area contributed by atoms with Gasteiger partial charge in [0.05, 0.1) is 6.26 Å². The first-order valence-electron chi connectivity index (χ1n) is 7.34. The standard InChI is InChI=1S/C14H17FN4O4S/c1-24(21,22)18-8-6-17(7-9-18)10-19-14(20)23-13(16-19)11-2-4-12(15)5-3-11/h2-5H,6-10H2,1H3. The normalized spacial score (nSPS) is 17.2. The van der Waals surface area contributed by atoms with Crippen LogP contribution in [0.15, 0.2) is 33.5 Å². The summed E-state index contributed by atoms with van der Waals surface area (Å²) in [4.78, 5) is 13.8. The second kappa shape index (κ2) is 6.46. The zero-order chi connectivity index (χ0) is 17.3. The maximum atomic E-state index is 12.9. The minimum absolute atomic E-state index is 0.120. The quantitative estimate of drug-likeness (QED) is 0.776. The van der Waals surface area contributed by atoms with Gasteiger partial charge in [0.25, 0.3) is 0 Å². The average Bonchev–Trinajstić information content (AvgIpc) is 2.89. The van der Waals surface area contributed by atoms with Gasteiger partial charge in [-0.15, -0.1) is 5.10 Å². The minimum atomic E-state index is -3.19. The van der Waals surface area contributed by atoms with E-state index in [0.717, 1.165) is 0 Å². The molecule has 1 saturated heterocycles. The number of piperazine rings is 1. The van der Waals surface area contributed by atoms with Crippen molar-refractivity contribution in [1.82, 2.24) is 19.0 Å². The van der Waals surface area contributed by atoms with E-state index in [-0.39, 0.29) is 18.4 Å². The molecule has 1 fully saturated rings. The van der Waals surface area contributed by atoms with Crippen LogP contribution in [0.25, 0.3) is 11.5 Å². The van der Waals surface area contributed by atoms with Crippen molar-refractivity contribution in [2.45, 2.75) is 6.67 Å². The van der Waals surface area contributed by atoms with E-state index in [1.54, 1.807) is 0 Å². The first-order valence-corrected chi connectivity index (χ1v) is 9.19. The smallest absolute Gasteiger partial charge is 0.388 e. The number of rotatable bonds is 4. The van der Waals surface area contributed by atoms with Crippen LogP contribution in [0.1, 0.15) is 0 Å². The summed E-state index contributed by atoms with van der Waals surface area (Å²) >= 11 is 0. The number of hydrogen-bond donors (Lipinski definition) is 0. The van der Waals surface area contributed by atoms with Gasteiger partial charge in [0.1, 0.15) is 12.5 Å². The van der Waals surface area contributed by atoms with Gasteiger partial charge in [0.2, 0.25) is 15.9 Å². The molecule has 130 valence electrons. The molecule has 0 atom stereocenters. The van der Waals surface area contributed by atoms with Gasteiger partial charge in [-0.1, -0.05) is 0 Å². The number of sulfonamides is 1. The predicted molar refractivity (Wildman–Crippen MR) is 84.1 cm³/mol. The summed E-state index contributed by atoms with van der Waals surface area (Å²) in [6.45, 7) is 1.95. The molecule has 24 heavy (non-hydrogen) atoms. The molecule has 1 aromatic carbocycles. The second-order valence-corrected chi connectivity index (χ2v) is 7.58. The SMILES string of the molecule is CS(=O)(=O)N1CCN(Cn2nc(-c3ccc(F)cc3)oc2=O)CC1. The number of benzene rings is 1. The summed E-state index contributed by atoms with van der Waals surface area (Å²) in [6.07, 6.45) is 1.18. The van der Waals surface area contributed by atoms with E-state index >= 15 is 0 Å². The van der Waals surface area contributed by atoms with Crippen LogP contribution in [0.4, 0.5) is 4.39 Å². The lowest BCUT2D eigenvalue weighted by atomic mass is 10.2. The number of hydrogen-bond acceptors (Lipinski definition) is 6. The van der Waals surface area contributed by atoms with Crippen molar-refractivity contribution in [3.63, 3.8) is 0 Å². The lowest BCUT2D eigenvalue weighted by Crippen LogP contribution is -2.49. The van der Waals surface area contributed by atoms with Gasteiger partial charge in [0.15, 0.2) is 0 Å². The van der Waals surface area contributed by atoms with Crippen molar-refractivity contribution >= 4 is 10.0 Å². The second-order valence-electron chi connectivity index (χ2n) is 5.60. The van der Waals surface area contributed by atoms with Gasteiger partial charge in [0, 0.05) is 31.7 Å². The van der Waals surface area contributed by atoms with E-state index in [0.29, 0.717) is 31.7 Å². The summed E-state index contributed by atoms with van der Waals surface area (Å²) in [5, 5.41) is 4.11. The Kier molecular flexibility index (Phi) is 4.52. The topological polar surface area (TPSA) is 88.7 Å². The number of nitrogens with zero attached hydrogens (tertiary/aromatic N) is 4. The Bertz CT molecular complexity index is 867. The summed E-state index contributed by atoms with van der Waals surface area (Å²) in [5.41, 5.74) is 0.508. The Morgan fingerprint density at radius 3 is 2.38 bits per heavy atom. The molecule has 1 aliphatic heterocycles. The summed E-state index contributed by atoms with van der Waals surface area (Å²) < 4.78 is 43.6. The summed E-state index contributed by atoms with van der Waals surface area (Å²) in [7, 11) is -3.19. The van der Waals surface area contributed by atoms with E-state index in [4.69, 9.17) is 4.42 Å². The molecule has 0 spiro atoms. The Morgan fingerprint density at radius 2 is 1.79 bits per heavy atom. The molecule has 3 rings (SSSR count). The highest BCUT2D eigenvalue weighted by Crippen LogP contribution is 2.16. The number of halogens is 1. The summed E-state index contributed by atoms with van der Waals surface area (Å²) in [5.74, 6) is -0.876. The molecule has 0 saturated carbocycles. The van der Waals surface area contributed by atoms with Crippen LogP contribution < -0.4 is 5.76 Å². The Morgan fingerprint density at radius 1 is 1.17 bits per heavy atom. The molecule has 2 heterocycles. The van der Waals surface area contributed by atoms with Crippen LogP contribution in [0.3, 0.4) is 0 Å². The minimum Gasteiger partial charge on any atom is -0.388 e. The van der Waals surface area contributed by atoms with Crippen molar-refractivity contribution < 1.29 is 17.2 Å². The van der Waals surface area contributed by atoms with Crippen LogP contribution in [0.2, 0.25) is 0 Å². The molecule has 0 N–H and O–H groups in total. The van der Waals surface area contributed by atoms with Crippen LogP contribution in [0, 0.1) is 5.82 Å². The highest BCUT2D eigenvalue weighted by molar-refractivity contribution is 7.88. The highest BCUT2D eigenvalue weighted by atomic mass is 32.2. The molecular weight excluding hydrogens is 339 g/mol. The van der Waals surface area contributed by atoms with Crippen molar-refractivity contribution in [2.24, 2.45) is 0 Å². The van der Waals surface area contributed by atoms with Gasteiger partial charge in [-0.3, -0.25) is 4.90 Å². The monoisotopic (exact) mass is 356 g/mol. The molecule has 0 amide bonds. The fraction of sp³-hybridized carbons (Fsp3) is 0.429. The average molecular weight is 356 g/mol. The molecule has 0 bridgehead atoms. The van der Waals surface area contributed by atoms with Crippen molar-refractivity contribution in [3.05, 3.63) is 40.6 Å². The Balaban J connectivity index is 1.69. The van der Waals surface area contributed by atoms with Crippen molar-refractivity contribution in [1.29, 1.82) is 0 Å². The zero-order valence-corrected chi connectivity index (χ0v) is 13.9. The predicted octanol–water partition coefficient (Wildman–Crippen LogP) is 0.177. The molecule has 8 nitrogen and oxygen atoms in total. The van der Waals surface area contributed by atoms with Gasteiger partial charge in [-0.2, -0.15) is 8.99 Å². The van der Waals surface area contributed by atoms with E-state index in [9.17, 15) is 17.6 Å². The van der Waals surface area contributed by atoms with Gasteiger partial charge in [-0.25, -0.2) is 17.6 Å². The lowest BCUT2D eigenvalue weighted by molar-refractivity contribution is 0.142. The molecule has 0 aliphatic carbocycles. The van der Waals surface area contributed by atoms with E-state index in [2.05, 4.69) is 5.10 Å². The maximum absolute atomic E-state index is 12.9. The lowest BCUT2D eigenvalue weighted by Gasteiger charge is -2.32. The largest absolute Gasteiger partial charge is 0.438 e. The molecule has 0 unspecified atom stereocenters. The maximum Gasteiger partial charge on any atom is 0.438 e. The molecule has 1 aromatic heterocycles.